The quantitative estimate of drug-likeness (QED) is 0.345. The number of aromatic nitrogens is 3. The molecule has 1 fully saturated rings. The van der Waals surface area contributed by atoms with Crippen molar-refractivity contribution in [2.75, 3.05) is 37.3 Å². The molecule has 4 rings (SSSR count). The topological polar surface area (TPSA) is 121 Å². The number of nitrogens with zero attached hydrogens (tertiary/aromatic N) is 5. The summed E-state index contributed by atoms with van der Waals surface area (Å²) in [7, 11) is -1.39. The van der Waals surface area contributed by atoms with E-state index in [2.05, 4.69) is 9.97 Å². The van der Waals surface area contributed by atoms with E-state index < -0.39 is 15.9 Å². The van der Waals surface area contributed by atoms with Gasteiger partial charge in [0.2, 0.25) is 16.0 Å². The fourth-order valence-corrected chi connectivity index (χ4v) is 5.63. The SMILES string of the molecule is Cn1cc(CCN(CC2CCN(c3ncc(C(=O)NO)cn3)CC2)S(C)(=O)=O)c2cc(Cl)ccc21. The van der Waals surface area contributed by atoms with Gasteiger partial charge in [-0.05, 0) is 48.9 Å². The van der Waals surface area contributed by atoms with Crippen molar-refractivity contribution in [3.63, 3.8) is 0 Å². The monoisotopic (exact) mass is 520 g/mol. The van der Waals surface area contributed by atoms with Crippen LogP contribution in [0.15, 0.2) is 36.8 Å². The molecule has 0 aliphatic carbocycles. The number of fused-ring (bicyclic) bond motifs is 1. The average Bonchev–Trinajstić information content (AvgIpc) is 3.15. The number of halogens is 1. The van der Waals surface area contributed by atoms with Crippen molar-refractivity contribution in [1.82, 2.24) is 24.3 Å². The zero-order valence-electron chi connectivity index (χ0n) is 19.7. The van der Waals surface area contributed by atoms with Gasteiger partial charge in [0.05, 0.1) is 11.8 Å². The number of piperidine rings is 1. The highest BCUT2D eigenvalue weighted by Crippen LogP contribution is 2.26. The molecule has 3 aromatic rings. The molecule has 0 radical (unpaired) electrons. The summed E-state index contributed by atoms with van der Waals surface area (Å²) in [6.07, 6.45) is 8.24. The van der Waals surface area contributed by atoms with Crippen molar-refractivity contribution in [3.05, 3.63) is 52.9 Å². The van der Waals surface area contributed by atoms with E-state index in [0.29, 0.717) is 43.6 Å². The summed E-state index contributed by atoms with van der Waals surface area (Å²) in [5.41, 5.74) is 3.86. The number of amides is 1. The summed E-state index contributed by atoms with van der Waals surface area (Å²) >= 11 is 6.19. The van der Waals surface area contributed by atoms with Crippen molar-refractivity contribution >= 4 is 44.4 Å². The molecule has 3 heterocycles. The van der Waals surface area contributed by atoms with Gasteiger partial charge in [0.15, 0.2) is 0 Å². The summed E-state index contributed by atoms with van der Waals surface area (Å²) < 4.78 is 28.7. The van der Waals surface area contributed by atoms with Crippen LogP contribution in [0.2, 0.25) is 5.02 Å². The lowest BCUT2D eigenvalue weighted by Gasteiger charge is -2.34. The van der Waals surface area contributed by atoms with Crippen LogP contribution in [0.25, 0.3) is 10.9 Å². The first-order valence-corrected chi connectivity index (χ1v) is 13.6. The van der Waals surface area contributed by atoms with E-state index in [-0.39, 0.29) is 11.5 Å². The number of hydrogen-bond acceptors (Lipinski definition) is 7. The van der Waals surface area contributed by atoms with Gasteiger partial charge in [-0.2, -0.15) is 0 Å². The van der Waals surface area contributed by atoms with Gasteiger partial charge in [0, 0.05) is 67.7 Å². The van der Waals surface area contributed by atoms with Crippen LogP contribution in [0.4, 0.5) is 5.95 Å². The van der Waals surface area contributed by atoms with Gasteiger partial charge in [-0.15, -0.1) is 0 Å². The summed E-state index contributed by atoms with van der Waals surface area (Å²) in [4.78, 5) is 21.9. The van der Waals surface area contributed by atoms with E-state index in [0.717, 1.165) is 29.3 Å². The molecule has 1 aliphatic heterocycles. The highest BCUT2D eigenvalue weighted by atomic mass is 35.5. The first kappa shape index (κ1) is 25.4. The number of benzene rings is 1. The van der Waals surface area contributed by atoms with Gasteiger partial charge in [-0.3, -0.25) is 10.0 Å². The summed E-state index contributed by atoms with van der Waals surface area (Å²) in [6.45, 7) is 2.25. The molecule has 1 aromatic carbocycles. The highest BCUT2D eigenvalue weighted by molar-refractivity contribution is 7.88. The zero-order valence-corrected chi connectivity index (χ0v) is 21.3. The van der Waals surface area contributed by atoms with Crippen molar-refractivity contribution < 1.29 is 18.4 Å². The lowest BCUT2D eigenvalue weighted by Crippen LogP contribution is -2.41. The predicted molar refractivity (Wildman–Crippen MR) is 134 cm³/mol. The van der Waals surface area contributed by atoms with E-state index in [1.165, 1.54) is 18.6 Å². The number of hydroxylamine groups is 1. The molecular weight excluding hydrogens is 492 g/mol. The minimum atomic E-state index is -3.37. The van der Waals surface area contributed by atoms with Gasteiger partial charge in [0.25, 0.3) is 5.91 Å². The molecule has 1 aliphatic rings. The van der Waals surface area contributed by atoms with Crippen LogP contribution in [0.3, 0.4) is 0 Å². The Bertz CT molecular complexity index is 1300. The standard InChI is InChI=1S/C23H29ClN6O4S/c1-28-15-17(20-11-19(24)3-4-21(20)28)7-10-30(35(2,33)34)14-16-5-8-29(9-6-16)23-25-12-18(13-26-23)22(31)27-32/h3-4,11-13,15-16,32H,5-10,14H2,1-2H3,(H,27,31). The van der Waals surface area contributed by atoms with Crippen LogP contribution in [0, 0.1) is 5.92 Å². The Labute approximate surface area is 209 Å². The molecule has 188 valence electrons. The van der Waals surface area contributed by atoms with Crippen LogP contribution in [0.5, 0.6) is 0 Å². The maximum atomic E-state index is 12.6. The fourth-order valence-electron chi connectivity index (χ4n) is 4.55. The normalized spacial score (nSPS) is 15.2. The number of carbonyl (C=O) groups excluding carboxylic acids is 1. The first-order valence-electron chi connectivity index (χ1n) is 11.4. The maximum absolute atomic E-state index is 12.6. The van der Waals surface area contributed by atoms with Crippen molar-refractivity contribution in [1.29, 1.82) is 0 Å². The Morgan fingerprint density at radius 2 is 1.94 bits per heavy atom. The largest absolute Gasteiger partial charge is 0.350 e. The number of hydrogen-bond donors (Lipinski definition) is 2. The summed E-state index contributed by atoms with van der Waals surface area (Å²) in [5.74, 6) is 0.0672. The molecule has 35 heavy (non-hydrogen) atoms. The fraction of sp³-hybridized carbons (Fsp3) is 0.435. The molecule has 0 spiro atoms. The van der Waals surface area contributed by atoms with Crippen LogP contribution in [-0.2, 0) is 23.5 Å². The lowest BCUT2D eigenvalue weighted by molar-refractivity contribution is 0.0705. The Hall–Kier alpha value is -2.73. The minimum absolute atomic E-state index is 0.170. The van der Waals surface area contributed by atoms with E-state index >= 15 is 0 Å². The Kier molecular flexibility index (Phi) is 7.60. The lowest BCUT2D eigenvalue weighted by atomic mass is 9.97. The third kappa shape index (κ3) is 5.92. The van der Waals surface area contributed by atoms with Crippen LogP contribution < -0.4 is 10.4 Å². The molecule has 0 atom stereocenters. The van der Waals surface area contributed by atoms with Crippen molar-refractivity contribution in [3.8, 4) is 0 Å². The molecule has 0 unspecified atom stereocenters. The van der Waals surface area contributed by atoms with Crippen molar-refractivity contribution in [2.24, 2.45) is 13.0 Å². The van der Waals surface area contributed by atoms with Crippen molar-refractivity contribution in [2.45, 2.75) is 19.3 Å². The molecule has 2 N–H and O–H groups in total. The minimum Gasteiger partial charge on any atom is -0.350 e. The molecule has 2 aromatic heterocycles. The molecule has 0 bridgehead atoms. The Balaban J connectivity index is 1.37. The van der Waals surface area contributed by atoms with Crippen LogP contribution in [-0.4, -0.2) is 70.8 Å². The van der Waals surface area contributed by atoms with E-state index in [4.69, 9.17) is 16.8 Å². The second-order valence-electron chi connectivity index (χ2n) is 8.94. The summed E-state index contributed by atoms with van der Waals surface area (Å²) in [6, 6.07) is 5.76. The molecule has 1 saturated heterocycles. The van der Waals surface area contributed by atoms with Crippen LogP contribution >= 0.6 is 11.6 Å². The van der Waals surface area contributed by atoms with E-state index in [1.807, 2.05) is 40.9 Å². The number of carbonyl (C=O) groups is 1. The molecule has 1 amide bonds. The highest BCUT2D eigenvalue weighted by Gasteiger charge is 2.26. The average molecular weight is 521 g/mol. The van der Waals surface area contributed by atoms with Crippen LogP contribution in [0.1, 0.15) is 28.8 Å². The molecule has 0 saturated carbocycles. The number of anilines is 1. The second kappa shape index (κ2) is 10.5. The van der Waals surface area contributed by atoms with E-state index in [1.54, 1.807) is 9.79 Å². The molecular formula is C23H29ClN6O4S. The van der Waals surface area contributed by atoms with Gasteiger partial charge in [-0.1, -0.05) is 11.6 Å². The van der Waals surface area contributed by atoms with Gasteiger partial charge in [0.1, 0.15) is 0 Å². The second-order valence-corrected chi connectivity index (χ2v) is 11.4. The smallest absolute Gasteiger partial charge is 0.277 e. The predicted octanol–water partition coefficient (Wildman–Crippen LogP) is 2.46. The summed E-state index contributed by atoms with van der Waals surface area (Å²) in [5, 5.41) is 10.4. The Morgan fingerprint density at radius 3 is 2.57 bits per heavy atom. The number of sulfonamides is 1. The number of aryl methyl sites for hydroxylation is 1. The number of rotatable bonds is 8. The van der Waals surface area contributed by atoms with E-state index in [9.17, 15) is 13.2 Å². The first-order chi connectivity index (χ1) is 16.7. The third-order valence-corrected chi connectivity index (χ3v) is 8.00. The third-order valence-electron chi connectivity index (χ3n) is 6.49. The van der Waals surface area contributed by atoms with Gasteiger partial charge < -0.3 is 9.47 Å². The number of nitrogens with one attached hydrogen (secondary N) is 1. The molecule has 12 heteroatoms. The van der Waals surface area contributed by atoms with Gasteiger partial charge in [-0.25, -0.2) is 28.2 Å². The molecule has 10 nitrogen and oxygen atoms in total. The maximum Gasteiger partial charge on any atom is 0.277 e. The van der Waals surface area contributed by atoms with Gasteiger partial charge >= 0.3 is 0 Å². The Morgan fingerprint density at radius 1 is 1.26 bits per heavy atom. The zero-order chi connectivity index (χ0) is 25.2.